The van der Waals surface area contributed by atoms with E-state index in [1.807, 2.05) is 0 Å². The molecule has 0 bridgehead atoms. The van der Waals surface area contributed by atoms with Gasteiger partial charge in [-0.25, -0.2) is 26.0 Å². The molecule has 1 rings (SSSR count). The zero-order valence-electron chi connectivity index (χ0n) is 6.35. The fourth-order valence-electron chi connectivity index (χ4n) is 1.08. The summed E-state index contributed by atoms with van der Waals surface area (Å²) in [6.45, 7) is 0. The van der Waals surface area contributed by atoms with Crippen LogP contribution in [0.2, 0.25) is 0 Å². The Balaban J connectivity index is 3.26. The minimum absolute atomic E-state index is 2.35. The lowest BCUT2D eigenvalue weighted by atomic mass is 10.1. The van der Waals surface area contributed by atoms with Gasteiger partial charge in [0, 0.05) is 0 Å². The van der Waals surface area contributed by atoms with Crippen LogP contribution in [0.4, 0.5) is 26.3 Å². The summed E-state index contributed by atoms with van der Waals surface area (Å²) in [6.07, 6.45) is -6.46. The van der Waals surface area contributed by atoms with Crippen LogP contribution in [0, 0.1) is 0 Å². The van der Waals surface area contributed by atoms with E-state index in [2.05, 4.69) is 0 Å². The third-order valence-corrected chi connectivity index (χ3v) is 3.82. The molecule has 0 amide bonds. The van der Waals surface area contributed by atoms with Gasteiger partial charge in [-0.15, -0.1) is 0 Å². The molecule has 1 heterocycles. The molecule has 84 valence electrons. The van der Waals surface area contributed by atoms with Crippen molar-refractivity contribution in [2.45, 2.75) is 29.3 Å². The summed E-state index contributed by atoms with van der Waals surface area (Å²) in [5, 5.41) is -4.78. The minimum Gasteiger partial charge on any atom is -0.233 e. The Morgan fingerprint density at radius 2 is 1.64 bits per heavy atom. The molecule has 0 N–H and O–H groups in total. The number of halogens is 6. The number of rotatable bonds is 1. The Morgan fingerprint density at radius 1 is 1.21 bits per heavy atom. The van der Waals surface area contributed by atoms with Crippen LogP contribution in [-0.4, -0.2) is 31.3 Å². The number of hydrogen-bond acceptors (Lipinski definition) is 2. The highest BCUT2D eigenvalue weighted by atomic mass is 32.2. The Bertz CT molecular complexity index is 338. The molecule has 2 nitrogen and oxygen atoms in total. The van der Waals surface area contributed by atoms with Crippen molar-refractivity contribution in [3.05, 3.63) is 0 Å². The molecule has 14 heavy (non-hydrogen) atoms. The van der Waals surface area contributed by atoms with E-state index in [0.29, 0.717) is 0 Å². The van der Waals surface area contributed by atoms with Gasteiger partial charge in [0.2, 0.25) is 11.2 Å². The van der Waals surface area contributed by atoms with Crippen molar-refractivity contribution in [2.75, 3.05) is 0 Å². The highest BCUT2D eigenvalue weighted by Gasteiger charge is 2.73. The summed E-state index contributed by atoms with van der Waals surface area (Å²) < 4.78 is 94.8. The third kappa shape index (κ3) is 1.21. The molecular formula is C5H4F6O2S. The molecule has 1 aliphatic heterocycles. The van der Waals surface area contributed by atoms with E-state index < -0.39 is 39.1 Å². The van der Waals surface area contributed by atoms with Crippen LogP contribution in [0.3, 0.4) is 0 Å². The second kappa shape index (κ2) is 2.77. The molecule has 9 heteroatoms. The molecule has 1 saturated heterocycles. The fraction of sp³-hybridized carbons (Fsp3) is 1.00. The fourth-order valence-corrected chi connectivity index (χ4v) is 2.51. The summed E-state index contributed by atoms with van der Waals surface area (Å²) in [6, 6.07) is 0. The molecule has 0 aliphatic carbocycles. The zero-order chi connectivity index (χ0) is 11.4. The van der Waals surface area contributed by atoms with Crippen LogP contribution < -0.4 is 0 Å². The van der Waals surface area contributed by atoms with E-state index in [1.165, 1.54) is 0 Å². The van der Waals surface area contributed by atoms with Gasteiger partial charge in [0.25, 0.3) is 16.3 Å². The quantitative estimate of drug-likeness (QED) is 0.655. The van der Waals surface area contributed by atoms with Crippen LogP contribution in [-0.2, 0) is 9.84 Å². The Kier molecular flexibility index (Phi) is 2.29. The van der Waals surface area contributed by atoms with Crippen molar-refractivity contribution in [3.8, 4) is 0 Å². The number of alkyl halides is 6. The van der Waals surface area contributed by atoms with Crippen LogP contribution in [0.5, 0.6) is 0 Å². The average Bonchev–Trinajstić information content (AvgIpc) is 2.11. The maximum atomic E-state index is 12.8. The monoisotopic (exact) mass is 242 g/mol. The van der Waals surface area contributed by atoms with Gasteiger partial charge in [-0.1, -0.05) is 0 Å². The third-order valence-electron chi connectivity index (χ3n) is 1.91. The number of sulfone groups is 1. The first-order valence-corrected chi connectivity index (χ1v) is 4.83. The van der Waals surface area contributed by atoms with Crippen molar-refractivity contribution in [2.24, 2.45) is 0 Å². The summed E-state index contributed by atoms with van der Waals surface area (Å²) in [5.41, 5.74) is -8.20. The molecular weight excluding hydrogens is 238 g/mol. The van der Waals surface area contributed by atoms with E-state index >= 15 is 0 Å². The molecule has 0 saturated carbocycles. The first-order valence-electron chi connectivity index (χ1n) is 3.28. The summed E-state index contributed by atoms with van der Waals surface area (Å²) in [4.78, 5) is 0. The Morgan fingerprint density at radius 3 is 1.79 bits per heavy atom. The van der Waals surface area contributed by atoms with Crippen molar-refractivity contribution >= 4 is 9.84 Å². The van der Waals surface area contributed by atoms with E-state index in [0.717, 1.165) is 0 Å². The van der Waals surface area contributed by atoms with Crippen molar-refractivity contribution < 1.29 is 34.8 Å². The predicted octanol–water partition coefficient (Wildman–Crippen LogP) is 1.67. The molecule has 0 spiro atoms. The van der Waals surface area contributed by atoms with E-state index in [-0.39, 0.29) is 0 Å². The van der Waals surface area contributed by atoms with Gasteiger partial charge in [-0.3, -0.25) is 0 Å². The van der Waals surface area contributed by atoms with Crippen LogP contribution >= 0.6 is 0 Å². The van der Waals surface area contributed by atoms with E-state index in [4.69, 9.17) is 0 Å². The predicted molar refractivity (Wildman–Crippen MR) is 33.2 cm³/mol. The lowest BCUT2D eigenvalue weighted by Gasteiger charge is -2.17. The van der Waals surface area contributed by atoms with Gasteiger partial charge < -0.3 is 0 Å². The topological polar surface area (TPSA) is 34.1 Å². The van der Waals surface area contributed by atoms with Gasteiger partial charge in [0.1, 0.15) is 0 Å². The lowest BCUT2D eigenvalue weighted by molar-refractivity contribution is -0.0820. The van der Waals surface area contributed by atoms with Gasteiger partial charge in [0.15, 0.2) is 0 Å². The highest BCUT2D eigenvalue weighted by Crippen LogP contribution is 2.51. The first kappa shape index (κ1) is 11.6. The zero-order valence-corrected chi connectivity index (χ0v) is 7.17. The highest BCUT2D eigenvalue weighted by molar-refractivity contribution is 7.93. The second-order valence-electron chi connectivity index (χ2n) is 2.90. The standard InChI is InChI=1S/C5H4F6O2S/c6-2(7)4(9)1-5(10,11)14(12,13)3(4)8/h2-3H,1H2. The molecule has 0 radical (unpaired) electrons. The van der Waals surface area contributed by atoms with Crippen LogP contribution in [0.15, 0.2) is 0 Å². The maximum absolute atomic E-state index is 12.8. The van der Waals surface area contributed by atoms with E-state index in [9.17, 15) is 34.8 Å². The molecule has 0 aromatic rings. The van der Waals surface area contributed by atoms with Crippen LogP contribution in [0.1, 0.15) is 6.42 Å². The normalized spacial score (nSPS) is 40.4. The second-order valence-corrected chi connectivity index (χ2v) is 5.00. The molecule has 2 atom stereocenters. The summed E-state index contributed by atoms with van der Waals surface area (Å²) in [5.74, 6) is 0. The smallest absolute Gasteiger partial charge is 0.233 e. The summed E-state index contributed by atoms with van der Waals surface area (Å²) >= 11 is 0. The van der Waals surface area contributed by atoms with Crippen LogP contribution in [0.25, 0.3) is 0 Å². The molecule has 0 aromatic carbocycles. The number of hydrogen-bond donors (Lipinski definition) is 0. The largest absolute Gasteiger partial charge is 0.352 e. The summed E-state index contributed by atoms with van der Waals surface area (Å²) in [7, 11) is -5.81. The van der Waals surface area contributed by atoms with E-state index in [1.54, 1.807) is 0 Å². The minimum atomic E-state index is -5.81. The molecule has 1 fully saturated rings. The Labute approximate surface area is 74.8 Å². The van der Waals surface area contributed by atoms with Crippen molar-refractivity contribution in [3.63, 3.8) is 0 Å². The van der Waals surface area contributed by atoms with Crippen molar-refractivity contribution in [1.29, 1.82) is 0 Å². The van der Waals surface area contributed by atoms with Crippen molar-refractivity contribution in [1.82, 2.24) is 0 Å². The lowest BCUT2D eigenvalue weighted by Crippen LogP contribution is -2.39. The average molecular weight is 242 g/mol. The SMILES string of the molecule is O=S1(=O)C(F)C(F)(C(F)F)CC1(F)F. The Hall–Kier alpha value is -0.470. The van der Waals surface area contributed by atoms with Gasteiger partial charge >= 0.3 is 5.25 Å². The molecule has 0 aromatic heterocycles. The molecule has 1 aliphatic rings. The van der Waals surface area contributed by atoms with Gasteiger partial charge in [0.05, 0.1) is 6.42 Å². The maximum Gasteiger partial charge on any atom is 0.352 e. The molecule has 2 unspecified atom stereocenters. The van der Waals surface area contributed by atoms with Gasteiger partial charge in [-0.2, -0.15) is 8.78 Å². The van der Waals surface area contributed by atoms with Gasteiger partial charge in [-0.05, 0) is 0 Å². The first-order chi connectivity index (χ1) is 6.06.